The van der Waals surface area contributed by atoms with Crippen LogP contribution in [0.1, 0.15) is 6.92 Å². The van der Waals surface area contributed by atoms with E-state index in [0.717, 1.165) is 0 Å². The maximum atomic E-state index is 10.6. The first kappa shape index (κ1) is 8.69. The van der Waals surface area contributed by atoms with Gasteiger partial charge in [-0.2, -0.15) is 0 Å². The lowest BCUT2D eigenvalue weighted by Crippen LogP contribution is -1.96. The predicted molar refractivity (Wildman–Crippen MR) is 42.3 cm³/mol. The lowest BCUT2D eigenvalue weighted by atomic mass is 10.2. The van der Waals surface area contributed by atoms with Gasteiger partial charge in [0, 0.05) is 11.8 Å². The zero-order chi connectivity index (χ0) is 7.98. The van der Waals surface area contributed by atoms with Crippen molar-refractivity contribution in [3.8, 4) is 0 Å². The summed E-state index contributed by atoms with van der Waals surface area (Å²) in [6.07, 6.45) is 6.16. The summed E-state index contributed by atoms with van der Waals surface area (Å²) < 4.78 is 0. The molecule has 54 valence electrons. The molecule has 2 heteroatoms. The highest BCUT2D eigenvalue weighted by Gasteiger charge is 1.94. The molecule has 0 aliphatic carbocycles. The van der Waals surface area contributed by atoms with Crippen LogP contribution in [0.3, 0.4) is 0 Å². The van der Waals surface area contributed by atoms with Gasteiger partial charge in [0.1, 0.15) is 0 Å². The van der Waals surface area contributed by atoms with Gasteiger partial charge < -0.3 is 5.73 Å². The number of carbonyl (C=O) groups is 1. The summed E-state index contributed by atoms with van der Waals surface area (Å²) in [7, 11) is 0. The number of Topliss-reactive ketones (excluding diaryl/α,β-unsaturated/α-hetero) is 1. The van der Waals surface area contributed by atoms with Crippen molar-refractivity contribution >= 4 is 5.78 Å². The molecule has 0 saturated heterocycles. The molecule has 0 atom stereocenters. The number of hydrogen-bond acceptors (Lipinski definition) is 2. The third kappa shape index (κ3) is 2.87. The maximum absolute atomic E-state index is 10.6. The molecule has 0 aliphatic rings. The van der Waals surface area contributed by atoms with Gasteiger partial charge in [-0.15, -0.1) is 0 Å². The van der Waals surface area contributed by atoms with E-state index in [1.54, 1.807) is 18.2 Å². The van der Waals surface area contributed by atoms with E-state index in [0.29, 0.717) is 5.57 Å². The molecule has 0 fully saturated rings. The average molecular weight is 137 g/mol. The third-order valence-corrected chi connectivity index (χ3v) is 0.998. The molecule has 0 aliphatic heterocycles. The number of rotatable bonds is 3. The van der Waals surface area contributed by atoms with Crippen LogP contribution in [-0.4, -0.2) is 5.78 Å². The van der Waals surface area contributed by atoms with Crippen molar-refractivity contribution < 1.29 is 4.79 Å². The number of hydrogen-bond donors (Lipinski definition) is 1. The minimum Gasteiger partial charge on any atom is -0.404 e. The summed E-state index contributed by atoms with van der Waals surface area (Å²) >= 11 is 0. The largest absolute Gasteiger partial charge is 0.404 e. The van der Waals surface area contributed by atoms with E-state index >= 15 is 0 Å². The topological polar surface area (TPSA) is 43.1 Å². The number of nitrogens with two attached hydrogens (primary N) is 1. The predicted octanol–water partition coefficient (Wildman–Crippen LogP) is 1.16. The van der Waals surface area contributed by atoms with Crippen LogP contribution < -0.4 is 5.73 Å². The van der Waals surface area contributed by atoms with Crippen LogP contribution in [0.15, 0.2) is 36.6 Å². The van der Waals surface area contributed by atoms with Crippen LogP contribution in [0.2, 0.25) is 0 Å². The van der Waals surface area contributed by atoms with E-state index in [1.165, 1.54) is 13.1 Å². The van der Waals surface area contributed by atoms with Gasteiger partial charge in [0.05, 0.1) is 0 Å². The first-order valence-electron chi connectivity index (χ1n) is 2.94. The van der Waals surface area contributed by atoms with Crippen molar-refractivity contribution in [3.05, 3.63) is 36.6 Å². The standard InChI is InChI=1S/C8H11NO/c1-3-4-5-8(6-9)7(2)10/h3-6H,1,9H2,2H3/b5-4-,8-6?. The molecule has 0 rings (SSSR count). The minimum absolute atomic E-state index is 0.0411. The fraction of sp³-hybridized carbons (Fsp3) is 0.125. The Labute approximate surface area is 60.7 Å². The van der Waals surface area contributed by atoms with Gasteiger partial charge in [-0.25, -0.2) is 0 Å². The lowest BCUT2D eigenvalue weighted by Gasteiger charge is -1.90. The van der Waals surface area contributed by atoms with E-state index in [2.05, 4.69) is 6.58 Å². The number of ketones is 1. The fourth-order valence-electron chi connectivity index (χ4n) is 0.462. The molecular weight excluding hydrogens is 126 g/mol. The lowest BCUT2D eigenvalue weighted by molar-refractivity contribution is -0.113. The van der Waals surface area contributed by atoms with Crippen molar-refractivity contribution in [2.24, 2.45) is 5.73 Å². The van der Waals surface area contributed by atoms with Gasteiger partial charge in [-0.3, -0.25) is 4.79 Å². The summed E-state index contributed by atoms with van der Waals surface area (Å²) in [6, 6.07) is 0. The van der Waals surface area contributed by atoms with Crippen molar-refractivity contribution in [2.75, 3.05) is 0 Å². The maximum Gasteiger partial charge on any atom is 0.161 e. The highest BCUT2D eigenvalue weighted by molar-refractivity contribution is 5.95. The second kappa shape index (κ2) is 4.56. The van der Waals surface area contributed by atoms with Gasteiger partial charge in [0.2, 0.25) is 0 Å². The molecule has 2 N–H and O–H groups in total. The molecule has 0 aromatic carbocycles. The zero-order valence-corrected chi connectivity index (χ0v) is 6.00. The molecular formula is C8H11NO. The Morgan fingerprint density at radius 1 is 1.60 bits per heavy atom. The quantitative estimate of drug-likeness (QED) is 0.468. The molecule has 0 bridgehead atoms. The number of allylic oxidation sites excluding steroid dienone is 4. The van der Waals surface area contributed by atoms with Crippen molar-refractivity contribution in [2.45, 2.75) is 6.92 Å². The Kier molecular flexibility index (Phi) is 3.96. The molecule has 0 heterocycles. The van der Waals surface area contributed by atoms with Gasteiger partial charge in [0.15, 0.2) is 5.78 Å². The highest BCUT2D eigenvalue weighted by Crippen LogP contribution is 1.95. The third-order valence-electron chi connectivity index (χ3n) is 0.998. The second-order valence-corrected chi connectivity index (χ2v) is 1.77. The SMILES string of the molecule is C=C/C=C\C(=CN)C(C)=O. The minimum atomic E-state index is -0.0411. The molecule has 0 radical (unpaired) electrons. The molecule has 10 heavy (non-hydrogen) atoms. The normalized spacial score (nSPS) is 11.9. The molecule has 2 nitrogen and oxygen atoms in total. The number of carbonyl (C=O) groups excluding carboxylic acids is 1. The molecule has 0 saturated carbocycles. The van der Waals surface area contributed by atoms with Gasteiger partial charge in [0.25, 0.3) is 0 Å². The van der Waals surface area contributed by atoms with Gasteiger partial charge in [-0.05, 0) is 13.0 Å². The first-order chi connectivity index (χ1) is 4.72. The first-order valence-corrected chi connectivity index (χ1v) is 2.94. The van der Waals surface area contributed by atoms with E-state index in [4.69, 9.17) is 5.73 Å². The Morgan fingerprint density at radius 3 is 2.50 bits per heavy atom. The van der Waals surface area contributed by atoms with Crippen LogP contribution in [0.5, 0.6) is 0 Å². The van der Waals surface area contributed by atoms with Crippen molar-refractivity contribution in [3.63, 3.8) is 0 Å². The average Bonchev–Trinajstić information content (AvgIpc) is 1.89. The fourth-order valence-corrected chi connectivity index (χ4v) is 0.462. The Morgan fingerprint density at radius 2 is 2.20 bits per heavy atom. The van der Waals surface area contributed by atoms with Crippen molar-refractivity contribution in [1.82, 2.24) is 0 Å². The zero-order valence-electron chi connectivity index (χ0n) is 6.00. The van der Waals surface area contributed by atoms with Crippen LogP contribution in [0, 0.1) is 0 Å². The van der Waals surface area contributed by atoms with E-state index < -0.39 is 0 Å². The van der Waals surface area contributed by atoms with Crippen molar-refractivity contribution in [1.29, 1.82) is 0 Å². The second-order valence-electron chi connectivity index (χ2n) is 1.77. The molecule has 0 aromatic rings. The Balaban J connectivity index is 4.25. The molecule has 0 spiro atoms. The van der Waals surface area contributed by atoms with Crippen LogP contribution >= 0.6 is 0 Å². The molecule has 0 unspecified atom stereocenters. The smallest absolute Gasteiger partial charge is 0.161 e. The Bertz CT molecular complexity index is 189. The summed E-state index contributed by atoms with van der Waals surface area (Å²) in [5.74, 6) is -0.0411. The molecule has 0 amide bonds. The van der Waals surface area contributed by atoms with Gasteiger partial charge in [-0.1, -0.05) is 18.7 Å². The molecule has 0 aromatic heterocycles. The summed E-state index contributed by atoms with van der Waals surface area (Å²) in [6.45, 7) is 4.92. The van der Waals surface area contributed by atoms with E-state index in [-0.39, 0.29) is 5.78 Å². The summed E-state index contributed by atoms with van der Waals surface area (Å²) in [5.41, 5.74) is 5.65. The summed E-state index contributed by atoms with van der Waals surface area (Å²) in [5, 5.41) is 0. The van der Waals surface area contributed by atoms with E-state index in [9.17, 15) is 4.79 Å². The highest BCUT2D eigenvalue weighted by atomic mass is 16.1. The van der Waals surface area contributed by atoms with E-state index in [1.807, 2.05) is 0 Å². The Hall–Kier alpha value is -1.31. The van der Waals surface area contributed by atoms with Gasteiger partial charge >= 0.3 is 0 Å². The summed E-state index contributed by atoms with van der Waals surface area (Å²) in [4.78, 5) is 10.6. The van der Waals surface area contributed by atoms with Crippen LogP contribution in [0.25, 0.3) is 0 Å². The van der Waals surface area contributed by atoms with Crippen LogP contribution in [0.4, 0.5) is 0 Å². The van der Waals surface area contributed by atoms with Crippen LogP contribution in [-0.2, 0) is 4.79 Å². The monoisotopic (exact) mass is 137 g/mol.